The molecule has 1 aliphatic heterocycles. The zero-order chi connectivity index (χ0) is 12.3. The van der Waals surface area contributed by atoms with Crippen molar-refractivity contribution in [1.82, 2.24) is 4.98 Å². The molecule has 1 fully saturated rings. The number of hydrogen-bond donors (Lipinski definition) is 0. The summed E-state index contributed by atoms with van der Waals surface area (Å²) >= 11 is 0. The van der Waals surface area contributed by atoms with E-state index >= 15 is 0 Å². The summed E-state index contributed by atoms with van der Waals surface area (Å²) in [5.41, 5.74) is 2.52. The highest BCUT2D eigenvalue weighted by atomic mass is 15.1. The normalized spacial score (nSPS) is 17.0. The van der Waals surface area contributed by atoms with Gasteiger partial charge < -0.3 is 4.90 Å². The molecule has 2 heterocycles. The van der Waals surface area contributed by atoms with Crippen molar-refractivity contribution >= 4 is 11.8 Å². The molecule has 1 saturated heterocycles. The van der Waals surface area contributed by atoms with Crippen molar-refractivity contribution in [1.29, 1.82) is 0 Å². The van der Waals surface area contributed by atoms with E-state index in [1.165, 1.54) is 31.6 Å². The Hall–Kier alpha value is -1.31. The standard InChI is InChI=1S/C15H22N2/c1-15(2,3)9-8-13-6-7-14(12-16-13)17-10-4-5-11-17/h6-9,12H,4-5,10-11H2,1-3H3/b9-8+. The fourth-order valence-corrected chi connectivity index (χ4v) is 1.99. The molecule has 0 radical (unpaired) electrons. The van der Waals surface area contributed by atoms with Gasteiger partial charge in [-0.2, -0.15) is 0 Å². The van der Waals surface area contributed by atoms with Crippen LogP contribution in [0.1, 0.15) is 39.3 Å². The smallest absolute Gasteiger partial charge is 0.0628 e. The van der Waals surface area contributed by atoms with Crippen molar-refractivity contribution in [2.45, 2.75) is 33.6 Å². The molecule has 0 aromatic carbocycles. The van der Waals surface area contributed by atoms with Crippen LogP contribution in [-0.4, -0.2) is 18.1 Å². The fourth-order valence-electron chi connectivity index (χ4n) is 1.99. The first kappa shape index (κ1) is 12.2. The van der Waals surface area contributed by atoms with Crippen molar-refractivity contribution in [3.63, 3.8) is 0 Å². The molecule has 1 aromatic rings. The van der Waals surface area contributed by atoms with Crippen LogP contribution in [0.15, 0.2) is 24.4 Å². The topological polar surface area (TPSA) is 16.1 Å². The van der Waals surface area contributed by atoms with Gasteiger partial charge >= 0.3 is 0 Å². The Labute approximate surface area is 104 Å². The molecule has 0 spiro atoms. The van der Waals surface area contributed by atoms with E-state index in [2.05, 4.69) is 54.9 Å². The highest BCUT2D eigenvalue weighted by Crippen LogP contribution is 2.20. The Bertz CT molecular complexity index is 378. The molecule has 0 atom stereocenters. The van der Waals surface area contributed by atoms with Crippen LogP contribution < -0.4 is 4.90 Å². The van der Waals surface area contributed by atoms with Crippen LogP contribution in [0.3, 0.4) is 0 Å². The van der Waals surface area contributed by atoms with E-state index in [9.17, 15) is 0 Å². The van der Waals surface area contributed by atoms with Crippen molar-refractivity contribution in [3.8, 4) is 0 Å². The zero-order valence-corrected chi connectivity index (χ0v) is 11.1. The number of rotatable bonds is 2. The van der Waals surface area contributed by atoms with Crippen molar-refractivity contribution in [3.05, 3.63) is 30.1 Å². The lowest BCUT2D eigenvalue weighted by Gasteiger charge is -2.16. The molecule has 2 heteroatoms. The number of pyridine rings is 1. The Morgan fingerprint density at radius 3 is 2.41 bits per heavy atom. The summed E-state index contributed by atoms with van der Waals surface area (Å²) in [6.45, 7) is 8.95. The van der Waals surface area contributed by atoms with Crippen molar-refractivity contribution in [2.24, 2.45) is 5.41 Å². The maximum Gasteiger partial charge on any atom is 0.0628 e. The highest BCUT2D eigenvalue weighted by Gasteiger charge is 2.12. The molecular formula is C15H22N2. The largest absolute Gasteiger partial charge is 0.370 e. The third-order valence-corrected chi connectivity index (χ3v) is 3.00. The molecule has 0 N–H and O–H groups in total. The number of anilines is 1. The molecular weight excluding hydrogens is 208 g/mol. The molecule has 0 bridgehead atoms. The molecule has 2 rings (SSSR count). The lowest BCUT2D eigenvalue weighted by atomic mass is 9.96. The number of nitrogens with zero attached hydrogens (tertiary/aromatic N) is 2. The molecule has 92 valence electrons. The van der Waals surface area contributed by atoms with E-state index in [4.69, 9.17) is 0 Å². The van der Waals surface area contributed by atoms with Gasteiger partial charge in [0.25, 0.3) is 0 Å². The molecule has 1 aromatic heterocycles. The van der Waals surface area contributed by atoms with Gasteiger partial charge in [0.05, 0.1) is 17.6 Å². The average molecular weight is 230 g/mol. The second kappa shape index (κ2) is 4.91. The Kier molecular flexibility index (Phi) is 3.51. The van der Waals surface area contributed by atoms with Gasteiger partial charge in [0.15, 0.2) is 0 Å². The van der Waals surface area contributed by atoms with Crippen molar-refractivity contribution in [2.75, 3.05) is 18.0 Å². The van der Waals surface area contributed by atoms with E-state index in [-0.39, 0.29) is 5.41 Å². The Morgan fingerprint density at radius 1 is 1.18 bits per heavy atom. The quantitative estimate of drug-likeness (QED) is 0.769. The molecule has 0 aliphatic carbocycles. The molecule has 0 unspecified atom stereocenters. The molecule has 17 heavy (non-hydrogen) atoms. The van der Waals surface area contributed by atoms with Gasteiger partial charge in [-0.3, -0.25) is 4.98 Å². The van der Waals surface area contributed by atoms with Gasteiger partial charge in [-0.15, -0.1) is 0 Å². The van der Waals surface area contributed by atoms with E-state index in [1.807, 2.05) is 6.20 Å². The number of aromatic nitrogens is 1. The van der Waals surface area contributed by atoms with Gasteiger partial charge in [-0.1, -0.05) is 26.8 Å². The molecule has 2 nitrogen and oxygen atoms in total. The lowest BCUT2D eigenvalue weighted by molar-refractivity contribution is 0.547. The lowest BCUT2D eigenvalue weighted by Crippen LogP contribution is -2.17. The summed E-state index contributed by atoms with van der Waals surface area (Å²) in [7, 11) is 0. The van der Waals surface area contributed by atoms with Crippen LogP contribution in [0.5, 0.6) is 0 Å². The SMILES string of the molecule is CC(C)(C)/C=C/c1ccc(N2CCCC2)cn1. The maximum absolute atomic E-state index is 4.50. The summed E-state index contributed by atoms with van der Waals surface area (Å²) in [5.74, 6) is 0. The van der Waals surface area contributed by atoms with E-state index in [0.29, 0.717) is 0 Å². The molecule has 1 aliphatic rings. The predicted molar refractivity (Wildman–Crippen MR) is 74.2 cm³/mol. The molecule has 0 amide bonds. The Morgan fingerprint density at radius 2 is 1.88 bits per heavy atom. The monoisotopic (exact) mass is 230 g/mol. The minimum Gasteiger partial charge on any atom is -0.370 e. The van der Waals surface area contributed by atoms with Crippen LogP contribution in [-0.2, 0) is 0 Å². The minimum atomic E-state index is 0.218. The van der Waals surface area contributed by atoms with E-state index in [1.54, 1.807) is 0 Å². The van der Waals surface area contributed by atoms with E-state index in [0.717, 1.165) is 5.69 Å². The summed E-state index contributed by atoms with van der Waals surface area (Å²) in [5, 5.41) is 0. The van der Waals surface area contributed by atoms with Crippen LogP contribution in [0.25, 0.3) is 6.08 Å². The Balaban J connectivity index is 2.05. The second-order valence-corrected chi connectivity index (χ2v) is 5.83. The maximum atomic E-state index is 4.50. The van der Waals surface area contributed by atoms with Crippen molar-refractivity contribution < 1.29 is 0 Å². The summed E-state index contributed by atoms with van der Waals surface area (Å²) < 4.78 is 0. The summed E-state index contributed by atoms with van der Waals surface area (Å²) in [6, 6.07) is 4.29. The summed E-state index contributed by atoms with van der Waals surface area (Å²) in [6.07, 6.45) is 8.92. The van der Waals surface area contributed by atoms with Gasteiger partial charge in [-0.25, -0.2) is 0 Å². The van der Waals surface area contributed by atoms with Gasteiger partial charge in [0.1, 0.15) is 0 Å². The van der Waals surface area contributed by atoms with Gasteiger partial charge in [-0.05, 0) is 36.5 Å². The average Bonchev–Trinajstić information content (AvgIpc) is 2.79. The predicted octanol–water partition coefficient (Wildman–Crippen LogP) is 3.74. The first-order chi connectivity index (χ1) is 8.04. The molecule has 0 saturated carbocycles. The zero-order valence-electron chi connectivity index (χ0n) is 11.1. The van der Waals surface area contributed by atoms with Crippen LogP contribution >= 0.6 is 0 Å². The van der Waals surface area contributed by atoms with E-state index < -0.39 is 0 Å². The van der Waals surface area contributed by atoms with Crippen LogP contribution in [0.2, 0.25) is 0 Å². The third kappa shape index (κ3) is 3.58. The summed E-state index contributed by atoms with van der Waals surface area (Å²) in [4.78, 5) is 6.90. The fraction of sp³-hybridized carbons (Fsp3) is 0.533. The minimum absolute atomic E-state index is 0.218. The van der Waals surface area contributed by atoms with Gasteiger partial charge in [0.2, 0.25) is 0 Å². The van der Waals surface area contributed by atoms with Crippen LogP contribution in [0.4, 0.5) is 5.69 Å². The first-order valence-corrected chi connectivity index (χ1v) is 6.45. The number of hydrogen-bond acceptors (Lipinski definition) is 2. The number of allylic oxidation sites excluding steroid dienone is 1. The van der Waals surface area contributed by atoms with Gasteiger partial charge in [0, 0.05) is 13.1 Å². The second-order valence-electron chi connectivity index (χ2n) is 5.83. The van der Waals surface area contributed by atoms with Crippen LogP contribution in [0, 0.1) is 5.41 Å². The first-order valence-electron chi connectivity index (χ1n) is 6.45. The highest BCUT2D eigenvalue weighted by molar-refractivity contribution is 5.51. The third-order valence-electron chi connectivity index (χ3n) is 3.00.